The second-order valence-corrected chi connectivity index (χ2v) is 6.05. The molecule has 22 heavy (non-hydrogen) atoms. The van der Waals surface area contributed by atoms with Crippen molar-refractivity contribution in [2.75, 3.05) is 41.2 Å². The van der Waals surface area contributed by atoms with Crippen LogP contribution in [0.3, 0.4) is 0 Å². The molecule has 0 saturated heterocycles. The number of methoxy groups -OCH3 is 2. The maximum Gasteiger partial charge on any atom is 0.319 e. The lowest BCUT2D eigenvalue weighted by Crippen LogP contribution is -2.40. The molecule has 0 heterocycles. The molecule has 0 aliphatic rings. The molecule has 0 fully saturated rings. The van der Waals surface area contributed by atoms with Crippen LogP contribution < -0.4 is 0 Å². The van der Waals surface area contributed by atoms with Gasteiger partial charge in [-0.3, -0.25) is 14.5 Å². The first-order valence-corrected chi connectivity index (χ1v) is 7.25. The van der Waals surface area contributed by atoms with Crippen LogP contribution in [-0.4, -0.2) is 69.7 Å². The molecule has 0 radical (unpaired) electrons. The van der Waals surface area contributed by atoms with Crippen molar-refractivity contribution >= 4 is 11.9 Å². The Balaban J connectivity index is 4.45. The summed E-state index contributed by atoms with van der Waals surface area (Å²) in [4.78, 5) is 25.0. The molecular weight excluding hydrogens is 290 g/mol. The minimum Gasteiger partial charge on any atom is -0.468 e. The maximum absolute atomic E-state index is 11.8. The van der Waals surface area contributed by atoms with E-state index in [-0.39, 0.29) is 37.7 Å². The van der Waals surface area contributed by atoms with Crippen molar-refractivity contribution in [1.29, 1.82) is 0 Å². The zero-order valence-corrected chi connectivity index (χ0v) is 14.5. The van der Waals surface area contributed by atoms with E-state index in [1.165, 1.54) is 14.2 Å². The molecule has 0 rings (SSSR count). The van der Waals surface area contributed by atoms with Gasteiger partial charge in [0.1, 0.15) is 12.4 Å². The molecule has 0 bridgehead atoms. The fourth-order valence-corrected chi connectivity index (χ4v) is 1.77. The van der Waals surface area contributed by atoms with E-state index in [1.54, 1.807) is 11.9 Å². The molecule has 7 heteroatoms. The van der Waals surface area contributed by atoms with Crippen molar-refractivity contribution in [3.63, 3.8) is 0 Å². The van der Waals surface area contributed by atoms with Crippen molar-refractivity contribution in [1.82, 2.24) is 4.90 Å². The summed E-state index contributed by atoms with van der Waals surface area (Å²) in [5, 5.41) is 0. The second-order valence-electron chi connectivity index (χ2n) is 6.05. The van der Waals surface area contributed by atoms with Crippen molar-refractivity contribution < 1.29 is 28.5 Å². The average molecular weight is 319 g/mol. The van der Waals surface area contributed by atoms with E-state index in [2.05, 4.69) is 4.74 Å². The highest BCUT2D eigenvalue weighted by Crippen LogP contribution is 2.12. The van der Waals surface area contributed by atoms with Gasteiger partial charge in [-0.05, 0) is 34.2 Å². The molecule has 0 aliphatic heterocycles. The summed E-state index contributed by atoms with van der Waals surface area (Å²) < 4.78 is 20.1. The number of rotatable bonds is 10. The normalized spacial score (nSPS) is 13.0. The predicted molar refractivity (Wildman–Crippen MR) is 81.3 cm³/mol. The Morgan fingerprint density at radius 1 is 1.14 bits per heavy atom. The SMILES string of the molecule is COCOC[C@@H](CCC(=O)OC(C)(C)C)N(C)CC(=O)OC. The summed E-state index contributed by atoms with van der Waals surface area (Å²) in [6, 6.07) is -0.109. The first-order chi connectivity index (χ1) is 10.2. The van der Waals surface area contributed by atoms with Crippen LogP contribution in [0.1, 0.15) is 33.6 Å². The first kappa shape index (κ1) is 20.8. The molecular formula is C15H29NO6. The highest BCUT2D eigenvalue weighted by Gasteiger charge is 2.22. The van der Waals surface area contributed by atoms with Gasteiger partial charge in [-0.2, -0.15) is 0 Å². The Labute approximate surface area is 132 Å². The summed E-state index contributed by atoms with van der Waals surface area (Å²) in [5.41, 5.74) is -0.503. The van der Waals surface area contributed by atoms with Crippen LogP contribution in [0.5, 0.6) is 0 Å². The van der Waals surface area contributed by atoms with Crippen molar-refractivity contribution in [2.24, 2.45) is 0 Å². The van der Waals surface area contributed by atoms with E-state index >= 15 is 0 Å². The van der Waals surface area contributed by atoms with Gasteiger partial charge in [0.25, 0.3) is 0 Å². The van der Waals surface area contributed by atoms with Gasteiger partial charge in [0.05, 0.1) is 20.3 Å². The van der Waals surface area contributed by atoms with Gasteiger partial charge in [-0.15, -0.1) is 0 Å². The highest BCUT2D eigenvalue weighted by atomic mass is 16.7. The van der Waals surface area contributed by atoms with E-state index in [0.717, 1.165) is 0 Å². The molecule has 0 amide bonds. The predicted octanol–water partition coefficient (Wildman–Crippen LogP) is 1.20. The first-order valence-electron chi connectivity index (χ1n) is 7.25. The molecule has 0 N–H and O–H groups in total. The van der Waals surface area contributed by atoms with E-state index in [9.17, 15) is 9.59 Å². The Hall–Kier alpha value is -1.18. The molecule has 130 valence electrons. The van der Waals surface area contributed by atoms with Crippen molar-refractivity contribution in [2.45, 2.75) is 45.3 Å². The molecule has 0 aliphatic carbocycles. The molecule has 0 aromatic carbocycles. The summed E-state index contributed by atoms with van der Waals surface area (Å²) in [5.74, 6) is -0.604. The fourth-order valence-electron chi connectivity index (χ4n) is 1.77. The topological polar surface area (TPSA) is 74.3 Å². The Kier molecular flexibility index (Phi) is 9.97. The van der Waals surface area contributed by atoms with Gasteiger partial charge in [0.15, 0.2) is 0 Å². The summed E-state index contributed by atoms with van der Waals surface area (Å²) in [7, 11) is 4.66. The average Bonchev–Trinajstić information content (AvgIpc) is 2.40. The monoisotopic (exact) mass is 319 g/mol. The van der Waals surface area contributed by atoms with E-state index in [4.69, 9.17) is 14.2 Å². The summed E-state index contributed by atoms with van der Waals surface area (Å²) in [6.45, 7) is 6.12. The standard InChI is InChI=1S/C15H29NO6/c1-15(2,3)22-13(17)8-7-12(10-21-11-19-5)16(4)9-14(18)20-6/h12H,7-11H2,1-6H3/t12-/m1/s1. The minimum atomic E-state index is -0.503. The zero-order chi connectivity index (χ0) is 17.2. The number of ether oxygens (including phenoxy) is 4. The van der Waals surface area contributed by atoms with Gasteiger partial charge in [0.2, 0.25) is 0 Å². The lowest BCUT2D eigenvalue weighted by molar-refractivity contribution is -0.155. The molecule has 0 aromatic rings. The van der Waals surface area contributed by atoms with Crippen molar-refractivity contribution in [3.8, 4) is 0 Å². The van der Waals surface area contributed by atoms with Gasteiger partial charge < -0.3 is 18.9 Å². The number of hydrogen-bond acceptors (Lipinski definition) is 7. The number of carbonyl (C=O) groups is 2. The number of likely N-dealkylation sites (N-methyl/N-ethyl adjacent to an activating group) is 1. The summed E-state index contributed by atoms with van der Waals surface area (Å²) >= 11 is 0. The second kappa shape index (κ2) is 10.5. The summed E-state index contributed by atoms with van der Waals surface area (Å²) in [6.07, 6.45) is 0.774. The number of esters is 2. The van der Waals surface area contributed by atoms with Gasteiger partial charge in [0, 0.05) is 19.6 Å². The van der Waals surface area contributed by atoms with Crippen LogP contribution in [0.2, 0.25) is 0 Å². The van der Waals surface area contributed by atoms with Gasteiger partial charge in [-0.25, -0.2) is 0 Å². The third-order valence-electron chi connectivity index (χ3n) is 2.84. The minimum absolute atomic E-state index is 0.109. The Bertz CT molecular complexity index is 339. The van der Waals surface area contributed by atoms with Crippen molar-refractivity contribution in [3.05, 3.63) is 0 Å². The maximum atomic E-state index is 11.8. The number of hydrogen-bond donors (Lipinski definition) is 0. The number of nitrogens with zero attached hydrogens (tertiary/aromatic N) is 1. The van der Waals surface area contributed by atoms with Crippen LogP contribution in [0, 0.1) is 0 Å². The third kappa shape index (κ3) is 10.5. The lowest BCUT2D eigenvalue weighted by Gasteiger charge is -2.27. The smallest absolute Gasteiger partial charge is 0.319 e. The van der Waals surface area contributed by atoms with E-state index in [0.29, 0.717) is 13.0 Å². The molecule has 0 unspecified atom stereocenters. The Morgan fingerprint density at radius 2 is 1.77 bits per heavy atom. The largest absolute Gasteiger partial charge is 0.468 e. The third-order valence-corrected chi connectivity index (χ3v) is 2.84. The molecule has 0 spiro atoms. The molecule has 0 saturated carbocycles. The van der Waals surface area contributed by atoms with Gasteiger partial charge in [-0.1, -0.05) is 0 Å². The zero-order valence-electron chi connectivity index (χ0n) is 14.5. The van der Waals surface area contributed by atoms with Crippen LogP contribution in [0.4, 0.5) is 0 Å². The van der Waals surface area contributed by atoms with Crippen LogP contribution in [0.15, 0.2) is 0 Å². The van der Waals surface area contributed by atoms with Crippen LogP contribution in [-0.2, 0) is 28.5 Å². The highest BCUT2D eigenvalue weighted by molar-refractivity contribution is 5.71. The molecule has 1 atom stereocenters. The molecule has 7 nitrogen and oxygen atoms in total. The van der Waals surface area contributed by atoms with Crippen LogP contribution in [0.25, 0.3) is 0 Å². The van der Waals surface area contributed by atoms with Gasteiger partial charge >= 0.3 is 11.9 Å². The lowest BCUT2D eigenvalue weighted by atomic mass is 10.1. The van der Waals surface area contributed by atoms with Crippen LogP contribution >= 0.6 is 0 Å². The Morgan fingerprint density at radius 3 is 2.27 bits per heavy atom. The number of carbonyl (C=O) groups excluding carboxylic acids is 2. The quantitative estimate of drug-likeness (QED) is 0.340. The molecule has 0 aromatic heterocycles. The fraction of sp³-hybridized carbons (Fsp3) is 0.867. The van der Waals surface area contributed by atoms with E-state index in [1.807, 2.05) is 20.8 Å². The van der Waals surface area contributed by atoms with E-state index < -0.39 is 5.60 Å².